The molecule has 3 rings (SSSR count). The minimum atomic E-state index is -4.25. The van der Waals surface area contributed by atoms with E-state index in [9.17, 15) is 23.1 Å². The fourth-order valence-electron chi connectivity index (χ4n) is 3.20. The van der Waals surface area contributed by atoms with Gasteiger partial charge in [0.15, 0.2) is 5.96 Å². The topological polar surface area (TPSA) is 171 Å². The monoisotopic (exact) mass is 466 g/mol. The van der Waals surface area contributed by atoms with Gasteiger partial charge in [0.05, 0.1) is 11.4 Å². The van der Waals surface area contributed by atoms with Crippen LogP contribution in [-0.2, 0) is 24.4 Å². The normalized spacial score (nSPS) is 17.4. The molecule has 0 aromatic heterocycles. The predicted octanol–water partition coefficient (Wildman–Crippen LogP) is -0.643. The molecule has 1 amide bonds. The fraction of sp³-hybridized carbons (Fsp3) is 0.474. The van der Waals surface area contributed by atoms with Crippen molar-refractivity contribution in [1.82, 2.24) is 20.7 Å². The molecule has 12 nitrogen and oxygen atoms in total. The van der Waals surface area contributed by atoms with Gasteiger partial charge in [-0.05, 0) is 31.4 Å². The summed E-state index contributed by atoms with van der Waals surface area (Å²) in [7, 11) is -4.25. The van der Waals surface area contributed by atoms with Gasteiger partial charge in [0.1, 0.15) is 12.3 Å². The highest BCUT2D eigenvalue weighted by Crippen LogP contribution is 2.18. The number of nitrogens with zero attached hydrogens (tertiary/aromatic N) is 2. The minimum Gasteiger partial charge on any atom is -0.478 e. The molecule has 0 saturated heterocycles. The summed E-state index contributed by atoms with van der Waals surface area (Å²) in [6.07, 6.45) is 0.831. The van der Waals surface area contributed by atoms with Crippen LogP contribution in [0.15, 0.2) is 45.4 Å². The molecule has 13 heteroatoms. The third kappa shape index (κ3) is 5.95. The van der Waals surface area contributed by atoms with Crippen molar-refractivity contribution in [2.75, 3.05) is 26.2 Å². The predicted molar refractivity (Wildman–Crippen MR) is 115 cm³/mol. The Morgan fingerprint density at radius 2 is 2.00 bits per heavy atom. The van der Waals surface area contributed by atoms with Gasteiger partial charge < -0.3 is 25.9 Å². The van der Waals surface area contributed by atoms with Crippen molar-refractivity contribution in [3.63, 3.8) is 0 Å². The third-order valence-corrected chi connectivity index (χ3v) is 6.38. The summed E-state index contributed by atoms with van der Waals surface area (Å²) in [5, 5.41) is 22.1. The number of aliphatic imine (C=N–C) groups is 1. The van der Waals surface area contributed by atoms with E-state index in [1.54, 1.807) is 6.07 Å². The number of rotatable bonds is 11. The van der Waals surface area contributed by atoms with E-state index in [1.807, 2.05) is 0 Å². The first kappa shape index (κ1) is 23.5. The highest BCUT2D eigenvalue weighted by atomic mass is 32.2. The molecular formula is C19H26N6O6S. The van der Waals surface area contributed by atoms with Crippen molar-refractivity contribution in [1.29, 1.82) is 0 Å². The Balaban J connectivity index is 1.75. The number of carbonyl (C=O) groups excluding carboxylic acids is 1. The van der Waals surface area contributed by atoms with Gasteiger partial charge in [-0.2, -0.15) is 4.72 Å². The second kappa shape index (κ2) is 10.4. The number of aliphatic carboxylic acids is 1. The lowest BCUT2D eigenvalue weighted by molar-refractivity contribution is -0.148. The van der Waals surface area contributed by atoms with Crippen molar-refractivity contribution in [2.24, 2.45) is 10.1 Å². The maximum absolute atomic E-state index is 12.9. The molecule has 0 fully saturated rings. The van der Waals surface area contributed by atoms with Gasteiger partial charge in [-0.3, -0.25) is 9.79 Å². The van der Waals surface area contributed by atoms with Crippen LogP contribution in [0.1, 0.15) is 25.7 Å². The van der Waals surface area contributed by atoms with Crippen LogP contribution in [-0.4, -0.2) is 69.0 Å². The largest absolute Gasteiger partial charge is 0.478 e. The molecule has 0 saturated carbocycles. The number of amides is 1. The number of benzene rings is 1. The van der Waals surface area contributed by atoms with Crippen molar-refractivity contribution in [3.8, 4) is 0 Å². The van der Waals surface area contributed by atoms with Gasteiger partial charge in [-0.1, -0.05) is 23.4 Å². The molecule has 0 radical (unpaired) electrons. The third-order valence-electron chi connectivity index (χ3n) is 4.87. The lowest BCUT2D eigenvalue weighted by atomic mass is 10.0. The number of carboxylic acids is 1. The first-order valence-electron chi connectivity index (χ1n) is 10.2. The van der Waals surface area contributed by atoms with Crippen LogP contribution in [0.3, 0.4) is 0 Å². The zero-order valence-electron chi connectivity index (χ0n) is 17.3. The zero-order chi connectivity index (χ0) is 23.0. The number of unbranched alkanes of at least 4 members (excludes halogenated alkanes) is 1. The summed E-state index contributed by atoms with van der Waals surface area (Å²) in [5.41, 5.74) is -2.26. The fourth-order valence-corrected chi connectivity index (χ4v) is 4.53. The summed E-state index contributed by atoms with van der Waals surface area (Å²) in [5.74, 6) is -1.66. The molecular weight excluding hydrogens is 440 g/mol. The van der Waals surface area contributed by atoms with Crippen molar-refractivity contribution in [3.05, 3.63) is 30.3 Å². The van der Waals surface area contributed by atoms with Gasteiger partial charge in [0.2, 0.25) is 15.7 Å². The minimum absolute atomic E-state index is 0.00141. The molecule has 2 aliphatic heterocycles. The summed E-state index contributed by atoms with van der Waals surface area (Å²) in [4.78, 5) is 33.8. The lowest BCUT2D eigenvalue weighted by Gasteiger charge is -2.31. The molecule has 2 heterocycles. The molecule has 0 aliphatic carbocycles. The Hall–Kier alpha value is -3.19. The molecule has 1 atom stereocenters. The van der Waals surface area contributed by atoms with Gasteiger partial charge in [-0.25, -0.2) is 13.2 Å². The van der Waals surface area contributed by atoms with Crippen LogP contribution in [0.4, 0.5) is 0 Å². The first-order valence-corrected chi connectivity index (χ1v) is 11.7. The molecule has 2 aliphatic rings. The number of nitrogens with one attached hydrogen (secondary N) is 4. The zero-order valence-corrected chi connectivity index (χ0v) is 18.2. The van der Waals surface area contributed by atoms with E-state index >= 15 is 0 Å². The van der Waals surface area contributed by atoms with Crippen LogP contribution in [0.25, 0.3) is 0 Å². The standard InChI is InChI=1S/C19H26N6O6S/c26-16(15-8-13-31-24-15)23-19(17(27)28,9-4-5-10-20-18-21-11-12-22-18)25-32(29,30)14-6-2-1-3-7-14/h1-3,6-7,25H,4-5,8-13H2,(H,23,26)(H,27,28)(H2,20,21,22). The average Bonchev–Trinajstić information content (AvgIpc) is 3.48. The van der Waals surface area contributed by atoms with Crippen molar-refractivity contribution >= 4 is 33.6 Å². The van der Waals surface area contributed by atoms with Crippen molar-refractivity contribution < 1.29 is 28.0 Å². The number of hydrogen-bond donors (Lipinski definition) is 5. The maximum atomic E-state index is 12.9. The number of oxime groups is 1. The number of carboxylic acid groups (broad SMARTS) is 1. The summed E-state index contributed by atoms with van der Waals surface area (Å²) < 4.78 is 28.0. The molecule has 1 aromatic rings. The van der Waals surface area contributed by atoms with Crippen molar-refractivity contribution in [2.45, 2.75) is 36.2 Å². The Morgan fingerprint density at radius 1 is 1.22 bits per heavy atom. The highest BCUT2D eigenvalue weighted by molar-refractivity contribution is 7.89. The number of guanidine groups is 1. The highest BCUT2D eigenvalue weighted by Gasteiger charge is 2.44. The molecule has 5 N–H and O–H groups in total. The number of sulfonamides is 1. The van der Waals surface area contributed by atoms with Gasteiger partial charge in [-0.15, -0.1) is 0 Å². The van der Waals surface area contributed by atoms with Crippen LogP contribution in [0, 0.1) is 0 Å². The quantitative estimate of drug-likeness (QED) is 0.212. The molecule has 0 spiro atoms. The van der Waals surface area contributed by atoms with E-state index in [0.29, 0.717) is 31.9 Å². The first-order chi connectivity index (χ1) is 15.3. The summed E-state index contributed by atoms with van der Waals surface area (Å²) >= 11 is 0. The SMILES string of the molecule is O=C(NC(CCCCNC1=NCCN1)(NS(=O)(=O)c1ccccc1)C(=O)O)C1=NOCC1. The van der Waals surface area contributed by atoms with Crippen LogP contribution >= 0.6 is 0 Å². The van der Waals surface area contributed by atoms with Gasteiger partial charge >= 0.3 is 5.97 Å². The van der Waals surface area contributed by atoms with E-state index in [-0.39, 0.29) is 30.1 Å². The van der Waals surface area contributed by atoms with E-state index in [4.69, 9.17) is 4.84 Å². The lowest BCUT2D eigenvalue weighted by Crippen LogP contribution is -2.66. The average molecular weight is 467 g/mol. The molecule has 32 heavy (non-hydrogen) atoms. The Bertz CT molecular complexity index is 997. The Labute approximate surface area is 185 Å². The molecule has 1 unspecified atom stereocenters. The van der Waals surface area contributed by atoms with Gasteiger partial charge in [0, 0.05) is 19.5 Å². The van der Waals surface area contributed by atoms with E-state index in [0.717, 1.165) is 6.54 Å². The number of hydrogen-bond acceptors (Lipinski definition) is 9. The van der Waals surface area contributed by atoms with Crippen LogP contribution in [0.2, 0.25) is 0 Å². The Morgan fingerprint density at radius 3 is 2.62 bits per heavy atom. The van der Waals surface area contributed by atoms with E-state index in [2.05, 4.69) is 30.8 Å². The second-order valence-corrected chi connectivity index (χ2v) is 8.93. The van der Waals surface area contributed by atoms with Crippen LogP contribution in [0.5, 0.6) is 0 Å². The number of carbonyl (C=O) groups is 2. The summed E-state index contributed by atoms with van der Waals surface area (Å²) in [6.45, 7) is 2.14. The van der Waals surface area contributed by atoms with E-state index < -0.39 is 27.6 Å². The molecule has 174 valence electrons. The smallest absolute Gasteiger partial charge is 0.345 e. The van der Waals surface area contributed by atoms with E-state index in [1.165, 1.54) is 24.3 Å². The maximum Gasteiger partial charge on any atom is 0.345 e. The van der Waals surface area contributed by atoms with Gasteiger partial charge in [0.25, 0.3) is 5.91 Å². The molecule has 1 aromatic carbocycles. The van der Waals surface area contributed by atoms with Crippen LogP contribution < -0.4 is 20.7 Å². The Kier molecular flexibility index (Phi) is 7.64. The summed E-state index contributed by atoms with van der Waals surface area (Å²) in [6, 6.07) is 7.35. The second-order valence-electron chi connectivity index (χ2n) is 7.25. The molecule has 0 bridgehead atoms.